The maximum atomic E-state index is 12.8. The summed E-state index contributed by atoms with van der Waals surface area (Å²) in [5, 5.41) is 4.96. The highest BCUT2D eigenvalue weighted by Crippen LogP contribution is 2.23. The molecule has 108 valence electrons. The molecule has 0 bridgehead atoms. The van der Waals surface area contributed by atoms with Gasteiger partial charge in [-0.2, -0.15) is 5.10 Å². The van der Waals surface area contributed by atoms with E-state index in [0.717, 1.165) is 22.0 Å². The van der Waals surface area contributed by atoms with Gasteiger partial charge in [0.2, 0.25) is 0 Å². The SMILES string of the molecule is Cc1nn(C)c(CC(N)CSc2ccc(F)cc2)c1Cl. The summed E-state index contributed by atoms with van der Waals surface area (Å²) in [5.41, 5.74) is 7.91. The van der Waals surface area contributed by atoms with Crippen molar-refractivity contribution in [3.8, 4) is 0 Å². The smallest absolute Gasteiger partial charge is 0.123 e. The Kier molecular flexibility index (Phi) is 5.07. The first kappa shape index (κ1) is 15.4. The Bertz CT molecular complexity index is 583. The summed E-state index contributed by atoms with van der Waals surface area (Å²) < 4.78 is 14.6. The first-order chi connectivity index (χ1) is 9.47. The van der Waals surface area contributed by atoms with E-state index in [0.29, 0.717) is 11.4 Å². The van der Waals surface area contributed by atoms with Gasteiger partial charge in [0.15, 0.2) is 0 Å². The minimum Gasteiger partial charge on any atom is -0.327 e. The second kappa shape index (κ2) is 6.61. The quantitative estimate of drug-likeness (QED) is 0.862. The summed E-state index contributed by atoms with van der Waals surface area (Å²) in [6, 6.07) is 6.39. The van der Waals surface area contributed by atoms with E-state index in [-0.39, 0.29) is 11.9 Å². The summed E-state index contributed by atoms with van der Waals surface area (Å²) in [6.45, 7) is 1.88. The lowest BCUT2D eigenvalue weighted by atomic mass is 10.2. The van der Waals surface area contributed by atoms with Crippen LogP contribution >= 0.6 is 23.4 Å². The topological polar surface area (TPSA) is 43.8 Å². The first-order valence-corrected chi connectivity index (χ1v) is 7.65. The predicted octanol–water partition coefficient (Wildman–Crippen LogP) is 3.18. The highest BCUT2D eigenvalue weighted by Gasteiger charge is 2.14. The molecule has 2 N–H and O–H groups in total. The number of hydrogen-bond acceptors (Lipinski definition) is 3. The van der Waals surface area contributed by atoms with E-state index in [1.165, 1.54) is 12.1 Å². The van der Waals surface area contributed by atoms with Gasteiger partial charge in [0.05, 0.1) is 16.4 Å². The predicted molar refractivity (Wildman–Crippen MR) is 81.8 cm³/mol. The molecule has 1 aromatic heterocycles. The maximum Gasteiger partial charge on any atom is 0.123 e. The summed E-state index contributed by atoms with van der Waals surface area (Å²) >= 11 is 7.82. The van der Waals surface area contributed by atoms with Crippen LogP contribution in [0.5, 0.6) is 0 Å². The number of halogens is 2. The third kappa shape index (κ3) is 3.75. The Morgan fingerprint density at radius 1 is 1.40 bits per heavy atom. The molecule has 1 heterocycles. The molecule has 20 heavy (non-hydrogen) atoms. The molecular weight excluding hydrogens is 297 g/mol. The van der Waals surface area contributed by atoms with E-state index in [2.05, 4.69) is 5.10 Å². The number of rotatable bonds is 5. The van der Waals surface area contributed by atoms with Gasteiger partial charge < -0.3 is 5.73 Å². The van der Waals surface area contributed by atoms with Crippen LogP contribution in [0.15, 0.2) is 29.2 Å². The fraction of sp³-hybridized carbons (Fsp3) is 0.357. The standard InChI is InChI=1S/C14H17ClFN3S/c1-9-14(15)13(19(2)18-9)7-11(17)8-20-12-5-3-10(16)4-6-12/h3-6,11H,7-8,17H2,1-2H3. The normalized spacial score (nSPS) is 12.7. The second-order valence-corrected chi connectivity index (χ2v) is 6.17. The van der Waals surface area contributed by atoms with Crippen LogP contribution < -0.4 is 5.73 Å². The molecule has 2 aromatic rings. The van der Waals surface area contributed by atoms with Crippen LogP contribution in [0.3, 0.4) is 0 Å². The Morgan fingerprint density at radius 2 is 2.05 bits per heavy atom. The zero-order valence-corrected chi connectivity index (χ0v) is 13.0. The molecule has 0 aliphatic heterocycles. The van der Waals surface area contributed by atoms with Gasteiger partial charge in [-0.1, -0.05) is 11.6 Å². The Labute approximate surface area is 127 Å². The molecule has 3 nitrogen and oxygen atoms in total. The molecule has 0 saturated carbocycles. The number of aromatic nitrogens is 2. The molecule has 0 fully saturated rings. The maximum absolute atomic E-state index is 12.8. The van der Waals surface area contributed by atoms with Gasteiger partial charge in [-0.05, 0) is 31.2 Å². The van der Waals surface area contributed by atoms with E-state index in [4.69, 9.17) is 17.3 Å². The number of hydrogen-bond donors (Lipinski definition) is 1. The number of benzene rings is 1. The van der Waals surface area contributed by atoms with Crippen LogP contribution in [0.4, 0.5) is 4.39 Å². The van der Waals surface area contributed by atoms with E-state index < -0.39 is 0 Å². The second-order valence-electron chi connectivity index (χ2n) is 4.70. The van der Waals surface area contributed by atoms with Crippen molar-refractivity contribution in [2.75, 3.05) is 5.75 Å². The van der Waals surface area contributed by atoms with Gasteiger partial charge in [0, 0.05) is 30.2 Å². The lowest BCUT2D eigenvalue weighted by Gasteiger charge is -2.12. The molecule has 0 aliphatic rings. The fourth-order valence-electron chi connectivity index (χ4n) is 1.94. The van der Waals surface area contributed by atoms with Crippen LogP contribution in [-0.2, 0) is 13.5 Å². The van der Waals surface area contributed by atoms with Gasteiger partial charge in [0.1, 0.15) is 5.82 Å². The number of nitrogens with zero attached hydrogens (tertiary/aromatic N) is 2. The van der Waals surface area contributed by atoms with Crippen molar-refractivity contribution in [1.82, 2.24) is 9.78 Å². The Morgan fingerprint density at radius 3 is 2.60 bits per heavy atom. The Hall–Kier alpha value is -1.04. The van der Waals surface area contributed by atoms with E-state index in [1.54, 1.807) is 28.6 Å². The first-order valence-electron chi connectivity index (χ1n) is 6.29. The van der Waals surface area contributed by atoms with Crippen LogP contribution in [0, 0.1) is 12.7 Å². The van der Waals surface area contributed by atoms with Crippen molar-refractivity contribution in [3.63, 3.8) is 0 Å². The lowest BCUT2D eigenvalue weighted by Crippen LogP contribution is -2.26. The van der Waals surface area contributed by atoms with Gasteiger partial charge in [-0.25, -0.2) is 4.39 Å². The van der Waals surface area contributed by atoms with Crippen molar-refractivity contribution in [2.24, 2.45) is 12.8 Å². The van der Waals surface area contributed by atoms with Crippen LogP contribution in [0.1, 0.15) is 11.4 Å². The van der Waals surface area contributed by atoms with Gasteiger partial charge in [-0.3, -0.25) is 4.68 Å². The van der Waals surface area contributed by atoms with Crippen molar-refractivity contribution in [1.29, 1.82) is 0 Å². The molecule has 1 atom stereocenters. The average Bonchev–Trinajstić information content (AvgIpc) is 2.65. The minimum absolute atomic E-state index is 0.0302. The molecule has 1 aromatic carbocycles. The highest BCUT2D eigenvalue weighted by atomic mass is 35.5. The van der Waals surface area contributed by atoms with Crippen LogP contribution in [-0.4, -0.2) is 21.6 Å². The third-order valence-electron chi connectivity index (χ3n) is 2.99. The lowest BCUT2D eigenvalue weighted by molar-refractivity contribution is 0.626. The monoisotopic (exact) mass is 313 g/mol. The fourth-order valence-corrected chi connectivity index (χ4v) is 3.03. The zero-order valence-electron chi connectivity index (χ0n) is 11.4. The summed E-state index contributed by atoms with van der Waals surface area (Å²) in [4.78, 5) is 1.01. The van der Waals surface area contributed by atoms with Crippen molar-refractivity contribution < 1.29 is 4.39 Å². The largest absolute Gasteiger partial charge is 0.327 e. The zero-order chi connectivity index (χ0) is 14.7. The highest BCUT2D eigenvalue weighted by molar-refractivity contribution is 7.99. The molecule has 0 spiro atoms. The molecule has 6 heteroatoms. The van der Waals surface area contributed by atoms with E-state index in [9.17, 15) is 4.39 Å². The van der Waals surface area contributed by atoms with Crippen molar-refractivity contribution >= 4 is 23.4 Å². The third-order valence-corrected chi connectivity index (χ3v) is 4.69. The van der Waals surface area contributed by atoms with Crippen LogP contribution in [0.2, 0.25) is 5.02 Å². The number of thioether (sulfide) groups is 1. The summed E-state index contributed by atoms with van der Waals surface area (Å²) in [6.07, 6.45) is 0.671. The summed E-state index contributed by atoms with van der Waals surface area (Å²) in [7, 11) is 1.87. The van der Waals surface area contributed by atoms with Gasteiger partial charge in [0.25, 0.3) is 0 Å². The molecule has 0 amide bonds. The number of nitrogens with two attached hydrogens (primary N) is 1. The van der Waals surface area contributed by atoms with Crippen molar-refractivity contribution in [2.45, 2.75) is 24.3 Å². The van der Waals surface area contributed by atoms with Crippen LogP contribution in [0.25, 0.3) is 0 Å². The number of aryl methyl sites for hydroxylation is 2. The molecule has 0 aliphatic carbocycles. The van der Waals surface area contributed by atoms with E-state index in [1.807, 2.05) is 14.0 Å². The summed E-state index contributed by atoms with van der Waals surface area (Å²) in [5.74, 6) is 0.516. The average molecular weight is 314 g/mol. The van der Waals surface area contributed by atoms with Gasteiger partial charge >= 0.3 is 0 Å². The van der Waals surface area contributed by atoms with Gasteiger partial charge in [-0.15, -0.1) is 11.8 Å². The molecule has 0 radical (unpaired) electrons. The molecule has 2 rings (SSSR count). The molecule has 1 unspecified atom stereocenters. The molecular formula is C14H17ClFN3S. The molecule has 0 saturated heterocycles. The Balaban J connectivity index is 1.92. The van der Waals surface area contributed by atoms with E-state index >= 15 is 0 Å². The minimum atomic E-state index is -0.226. The van der Waals surface area contributed by atoms with Crippen molar-refractivity contribution in [3.05, 3.63) is 46.5 Å².